The van der Waals surface area contributed by atoms with Crippen molar-refractivity contribution < 1.29 is 9.53 Å². The Morgan fingerprint density at radius 2 is 1.48 bits per heavy atom. The molecule has 4 rings (SSSR count). The van der Waals surface area contributed by atoms with Crippen LogP contribution in [0.2, 0.25) is 0 Å². The first-order chi connectivity index (χ1) is 13.2. The van der Waals surface area contributed by atoms with Gasteiger partial charge in [-0.3, -0.25) is 0 Å². The molecule has 3 heteroatoms. The van der Waals surface area contributed by atoms with E-state index in [1.807, 2.05) is 61.7 Å². The standard InChI is InChI=1S/C24H19NO2/c1-25-22-15-9-8-14-20(22)21(24(25)18-10-4-2-5-11-18)16-17-23(26)27-19-12-6-3-7-13-19/h2-17H,1H3/b17-16+. The molecule has 0 fully saturated rings. The summed E-state index contributed by atoms with van der Waals surface area (Å²) >= 11 is 0. The number of hydrogen-bond donors (Lipinski definition) is 0. The van der Waals surface area contributed by atoms with Crippen LogP contribution in [0.3, 0.4) is 0 Å². The van der Waals surface area contributed by atoms with Gasteiger partial charge < -0.3 is 9.30 Å². The topological polar surface area (TPSA) is 31.2 Å². The van der Waals surface area contributed by atoms with Crippen LogP contribution in [0.15, 0.2) is 91.0 Å². The molecule has 0 unspecified atom stereocenters. The number of fused-ring (bicyclic) bond motifs is 1. The molecule has 27 heavy (non-hydrogen) atoms. The summed E-state index contributed by atoms with van der Waals surface area (Å²) < 4.78 is 7.53. The highest BCUT2D eigenvalue weighted by Gasteiger charge is 2.14. The third-order valence-electron chi connectivity index (χ3n) is 4.54. The number of nitrogens with zero attached hydrogens (tertiary/aromatic N) is 1. The van der Waals surface area contributed by atoms with E-state index < -0.39 is 5.97 Å². The zero-order chi connectivity index (χ0) is 18.6. The summed E-state index contributed by atoms with van der Waals surface area (Å²) in [5.74, 6) is 0.140. The van der Waals surface area contributed by atoms with Gasteiger partial charge in [-0.1, -0.05) is 66.7 Å². The van der Waals surface area contributed by atoms with Gasteiger partial charge in [0.1, 0.15) is 5.75 Å². The second-order valence-electron chi connectivity index (χ2n) is 6.27. The fourth-order valence-corrected chi connectivity index (χ4v) is 3.33. The molecule has 0 bridgehead atoms. The lowest BCUT2D eigenvalue weighted by Gasteiger charge is -2.06. The molecule has 0 saturated carbocycles. The molecule has 0 aliphatic rings. The summed E-state index contributed by atoms with van der Waals surface area (Å²) in [5.41, 5.74) is 4.30. The molecule has 3 aromatic carbocycles. The molecule has 0 aliphatic heterocycles. The lowest BCUT2D eigenvalue weighted by atomic mass is 10.0. The van der Waals surface area contributed by atoms with Crippen LogP contribution in [0.4, 0.5) is 0 Å². The van der Waals surface area contributed by atoms with Gasteiger partial charge in [0, 0.05) is 29.6 Å². The molecule has 0 atom stereocenters. The van der Waals surface area contributed by atoms with Gasteiger partial charge in [0.05, 0.1) is 5.69 Å². The molecule has 0 saturated heterocycles. The van der Waals surface area contributed by atoms with Gasteiger partial charge in [0.15, 0.2) is 0 Å². The first-order valence-corrected chi connectivity index (χ1v) is 8.82. The lowest BCUT2D eigenvalue weighted by molar-refractivity contribution is -0.128. The van der Waals surface area contributed by atoms with Crippen molar-refractivity contribution >= 4 is 22.9 Å². The van der Waals surface area contributed by atoms with Crippen LogP contribution in [-0.4, -0.2) is 10.5 Å². The van der Waals surface area contributed by atoms with Crippen molar-refractivity contribution in [2.45, 2.75) is 0 Å². The van der Waals surface area contributed by atoms with Crippen molar-refractivity contribution in [1.82, 2.24) is 4.57 Å². The Hall–Kier alpha value is -3.59. The Morgan fingerprint density at radius 3 is 2.22 bits per heavy atom. The zero-order valence-electron chi connectivity index (χ0n) is 15.0. The van der Waals surface area contributed by atoms with Crippen molar-refractivity contribution in [2.75, 3.05) is 0 Å². The van der Waals surface area contributed by atoms with Crippen LogP contribution in [0.25, 0.3) is 28.2 Å². The van der Waals surface area contributed by atoms with E-state index in [0.717, 1.165) is 27.7 Å². The highest BCUT2D eigenvalue weighted by Crippen LogP contribution is 2.33. The van der Waals surface area contributed by atoms with E-state index in [2.05, 4.69) is 28.8 Å². The minimum Gasteiger partial charge on any atom is -0.423 e. The van der Waals surface area contributed by atoms with Gasteiger partial charge >= 0.3 is 5.97 Å². The Kier molecular flexibility index (Phi) is 4.58. The van der Waals surface area contributed by atoms with Crippen LogP contribution < -0.4 is 4.74 Å². The summed E-state index contributed by atoms with van der Waals surface area (Å²) in [4.78, 5) is 12.3. The van der Waals surface area contributed by atoms with Gasteiger partial charge in [0.25, 0.3) is 0 Å². The van der Waals surface area contributed by atoms with E-state index in [0.29, 0.717) is 5.75 Å². The summed E-state index contributed by atoms with van der Waals surface area (Å²) in [7, 11) is 2.05. The van der Waals surface area contributed by atoms with Crippen LogP contribution in [0.1, 0.15) is 5.56 Å². The van der Waals surface area contributed by atoms with E-state index in [1.165, 1.54) is 6.08 Å². The number of carbonyl (C=O) groups excluding carboxylic acids is 1. The molecule has 3 nitrogen and oxygen atoms in total. The van der Waals surface area contributed by atoms with E-state index >= 15 is 0 Å². The van der Waals surface area contributed by atoms with Gasteiger partial charge in [-0.05, 0) is 29.8 Å². The van der Waals surface area contributed by atoms with Crippen LogP contribution >= 0.6 is 0 Å². The average Bonchev–Trinajstić information content (AvgIpc) is 3.00. The fraction of sp³-hybridized carbons (Fsp3) is 0.0417. The summed E-state index contributed by atoms with van der Waals surface area (Å²) in [6.45, 7) is 0. The molecule has 0 radical (unpaired) electrons. The van der Waals surface area contributed by atoms with Crippen molar-refractivity contribution in [1.29, 1.82) is 0 Å². The molecule has 0 N–H and O–H groups in total. The van der Waals surface area contributed by atoms with Gasteiger partial charge in [0.2, 0.25) is 0 Å². The number of esters is 1. The molecule has 1 heterocycles. The molecule has 0 spiro atoms. The SMILES string of the molecule is Cn1c(-c2ccccc2)c(/C=C/C(=O)Oc2ccccc2)c2ccccc21. The number of para-hydroxylation sites is 2. The van der Waals surface area contributed by atoms with Crippen molar-refractivity contribution in [3.63, 3.8) is 0 Å². The Bertz CT molecular complexity index is 1110. The minimum absolute atomic E-state index is 0.395. The smallest absolute Gasteiger partial charge is 0.336 e. The van der Waals surface area contributed by atoms with Crippen LogP contribution in [0, 0.1) is 0 Å². The second-order valence-corrected chi connectivity index (χ2v) is 6.27. The first kappa shape index (κ1) is 16.9. The predicted molar refractivity (Wildman–Crippen MR) is 109 cm³/mol. The maximum atomic E-state index is 12.3. The first-order valence-electron chi connectivity index (χ1n) is 8.82. The Morgan fingerprint density at radius 1 is 0.852 bits per heavy atom. The van der Waals surface area contributed by atoms with Crippen LogP contribution in [0.5, 0.6) is 5.75 Å². The third-order valence-corrected chi connectivity index (χ3v) is 4.54. The highest BCUT2D eigenvalue weighted by molar-refractivity contribution is 6.00. The van der Waals surface area contributed by atoms with Gasteiger partial charge in [-0.2, -0.15) is 0 Å². The average molecular weight is 353 g/mol. The van der Waals surface area contributed by atoms with E-state index in [9.17, 15) is 4.79 Å². The molecule has 0 aliphatic carbocycles. The number of aryl methyl sites for hydroxylation is 1. The van der Waals surface area contributed by atoms with E-state index in [1.54, 1.807) is 12.1 Å². The maximum Gasteiger partial charge on any atom is 0.336 e. The van der Waals surface area contributed by atoms with Crippen LogP contribution in [-0.2, 0) is 11.8 Å². The molecular formula is C24H19NO2. The zero-order valence-corrected chi connectivity index (χ0v) is 15.0. The fourth-order valence-electron chi connectivity index (χ4n) is 3.33. The number of hydrogen-bond acceptors (Lipinski definition) is 2. The molecule has 0 amide bonds. The Balaban J connectivity index is 1.75. The largest absolute Gasteiger partial charge is 0.423 e. The monoisotopic (exact) mass is 353 g/mol. The number of carbonyl (C=O) groups is 1. The summed E-state index contributed by atoms with van der Waals surface area (Å²) in [6, 6.07) is 27.5. The van der Waals surface area contributed by atoms with E-state index in [-0.39, 0.29) is 0 Å². The normalized spacial score (nSPS) is 11.1. The summed E-state index contributed by atoms with van der Waals surface area (Å²) in [6.07, 6.45) is 3.33. The second kappa shape index (κ2) is 7.34. The van der Waals surface area contributed by atoms with Gasteiger partial charge in [-0.25, -0.2) is 4.79 Å². The highest BCUT2D eigenvalue weighted by atomic mass is 16.5. The molecule has 4 aromatic rings. The van der Waals surface area contributed by atoms with E-state index in [4.69, 9.17) is 4.74 Å². The van der Waals surface area contributed by atoms with Gasteiger partial charge in [-0.15, -0.1) is 0 Å². The lowest BCUT2D eigenvalue weighted by Crippen LogP contribution is -2.03. The summed E-state index contributed by atoms with van der Waals surface area (Å²) in [5, 5.41) is 1.10. The third kappa shape index (κ3) is 3.40. The minimum atomic E-state index is -0.395. The Labute approximate surface area is 158 Å². The number of aromatic nitrogens is 1. The quantitative estimate of drug-likeness (QED) is 0.277. The van der Waals surface area contributed by atoms with Crippen molar-refractivity contribution in [3.8, 4) is 17.0 Å². The number of ether oxygens (including phenoxy) is 1. The number of benzene rings is 3. The van der Waals surface area contributed by atoms with Crippen molar-refractivity contribution in [2.24, 2.45) is 7.05 Å². The number of rotatable bonds is 4. The molecule has 1 aromatic heterocycles. The molecular weight excluding hydrogens is 334 g/mol. The van der Waals surface area contributed by atoms with Crippen molar-refractivity contribution in [3.05, 3.63) is 96.6 Å². The predicted octanol–water partition coefficient (Wildman–Crippen LogP) is 5.46. The molecule has 132 valence electrons. The maximum absolute atomic E-state index is 12.3.